The minimum absolute atomic E-state index is 0.128. The van der Waals surface area contributed by atoms with Crippen molar-refractivity contribution in [2.24, 2.45) is 10.8 Å². The van der Waals surface area contributed by atoms with Crippen molar-refractivity contribution in [3.05, 3.63) is 102 Å². The molecule has 39 heavy (non-hydrogen) atoms. The van der Waals surface area contributed by atoms with Crippen molar-refractivity contribution in [2.45, 2.75) is 46.1 Å². The average molecular weight is 524 g/mol. The largest absolute Gasteiger partial charge is 0.492 e. The van der Waals surface area contributed by atoms with Crippen molar-refractivity contribution >= 4 is 0 Å². The molecule has 2 bridgehead atoms. The van der Waals surface area contributed by atoms with Gasteiger partial charge in [0.2, 0.25) is 0 Å². The molecule has 3 aromatic carbocycles. The Morgan fingerprint density at radius 1 is 0.769 bits per heavy atom. The van der Waals surface area contributed by atoms with E-state index in [-0.39, 0.29) is 5.69 Å². The van der Waals surface area contributed by atoms with Crippen molar-refractivity contribution in [3.8, 4) is 28.6 Å². The van der Waals surface area contributed by atoms with Crippen molar-refractivity contribution in [1.82, 2.24) is 14.0 Å². The van der Waals surface area contributed by atoms with E-state index >= 15 is 0 Å². The molecule has 0 amide bonds. The van der Waals surface area contributed by atoms with Crippen LogP contribution >= 0.6 is 0 Å². The van der Waals surface area contributed by atoms with Crippen molar-refractivity contribution < 1.29 is 9.47 Å². The van der Waals surface area contributed by atoms with E-state index in [9.17, 15) is 4.79 Å². The van der Waals surface area contributed by atoms with E-state index in [2.05, 4.69) is 25.7 Å². The topological polar surface area (TPSA) is 48.6 Å². The summed E-state index contributed by atoms with van der Waals surface area (Å²) in [7, 11) is 0. The third-order valence-electron chi connectivity index (χ3n) is 8.16. The van der Waals surface area contributed by atoms with Gasteiger partial charge in [0.05, 0.1) is 11.4 Å². The molecule has 0 N–H and O–H groups in total. The molecule has 4 aromatic rings. The Labute approximate surface area is 230 Å². The quantitative estimate of drug-likeness (QED) is 0.258. The van der Waals surface area contributed by atoms with Gasteiger partial charge < -0.3 is 9.47 Å². The lowest BCUT2D eigenvalue weighted by atomic mass is 9.65. The van der Waals surface area contributed by atoms with E-state index in [1.807, 2.05) is 78.9 Å². The molecule has 1 aromatic heterocycles. The van der Waals surface area contributed by atoms with E-state index < -0.39 is 0 Å². The van der Waals surface area contributed by atoms with Gasteiger partial charge in [-0.25, -0.2) is 4.79 Å². The summed E-state index contributed by atoms with van der Waals surface area (Å²) >= 11 is 0. The number of nitrogens with zero attached hydrogens (tertiary/aromatic N) is 3. The fourth-order valence-corrected chi connectivity index (χ4v) is 6.89. The van der Waals surface area contributed by atoms with Gasteiger partial charge in [0.15, 0.2) is 0 Å². The maximum absolute atomic E-state index is 13.2. The number of rotatable bonds is 8. The van der Waals surface area contributed by atoms with Crippen LogP contribution in [0.25, 0.3) is 11.4 Å². The number of aromatic nitrogens is 2. The molecule has 6 nitrogen and oxygen atoms in total. The number of fused-ring (bicyclic) bond motifs is 2. The summed E-state index contributed by atoms with van der Waals surface area (Å²) in [6.45, 7) is 10.1. The second-order valence-corrected chi connectivity index (χ2v) is 12.3. The predicted molar refractivity (Wildman–Crippen MR) is 154 cm³/mol. The Morgan fingerprint density at radius 2 is 1.36 bits per heavy atom. The molecule has 1 saturated heterocycles. The lowest BCUT2D eigenvalue weighted by Gasteiger charge is -2.39. The van der Waals surface area contributed by atoms with Crippen molar-refractivity contribution in [2.75, 3.05) is 19.7 Å². The van der Waals surface area contributed by atoms with Gasteiger partial charge in [-0.05, 0) is 90.8 Å². The Bertz CT molecular complexity index is 1470. The maximum Gasteiger partial charge on any atom is 0.337 e. The van der Waals surface area contributed by atoms with Crippen LogP contribution in [0, 0.1) is 10.8 Å². The molecule has 0 unspecified atom stereocenters. The summed E-state index contributed by atoms with van der Waals surface area (Å²) in [5.74, 6) is 2.32. The number of likely N-dealkylation sites (tertiary alicyclic amines) is 1. The molecule has 2 aliphatic rings. The molecule has 2 fully saturated rings. The molecular weight excluding hydrogens is 486 g/mol. The lowest BCUT2D eigenvalue weighted by molar-refractivity contribution is 0.124. The van der Waals surface area contributed by atoms with Crippen LogP contribution in [0.2, 0.25) is 0 Å². The molecule has 0 radical (unpaired) electrons. The van der Waals surface area contributed by atoms with Crippen LogP contribution < -0.4 is 15.2 Å². The van der Waals surface area contributed by atoms with Gasteiger partial charge in [-0.15, -0.1) is 0 Å². The number of hydrogen-bond acceptors (Lipinski definition) is 4. The normalized spacial score (nSPS) is 22.1. The van der Waals surface area contributed by atoms with E-state index in [4.69, 9.17) is 9.47 Å². The van der Waals surface area contributed by atoms with E-state index in [0.717, 1.165) is 35.2 Å². The van der Waals surface area contributed by atoms with Gasteiger partial charge in [-0.1, -0.05) is 39.0 Å². The minimum atomic E-state index is -0.128. The number of hydrogen-bond donors (Lipinski definition) is 0. The van der Waals surface area contributed by atoms with Gasteiger partial charge in [-0.3, -0.25) is 14.0 Å². The molecule has 0 spiro atoms. The summed E-state index contributed by atoms with van der Waals surface area (Å²) in [5, 5.41) is 0. The minimum Gasteiger partial charge on any atom is -0.492 e. The SMILES string of the molecule is CC1(C)C[C@@H]2C[C@@](C)(CN2CCOc2ccc(-n3ccn(-c4ccc(Oc5ccccc5)cc4)c3=O)cc2)C1. The summed E-state index contributed by atoms with van der Waals surface area (Å²) in [4.78, 5) is 15.8. The maximum atomic E-state index is 13.2. The van der Waals surface area contributed by atoms with Crippen molar-refractivity contribution in [1.29, 1.82) is 0 Å². The first kappa shape index (κ1) is 25.5. The van der Waals surface area contributed by atoms with Crippen LogP contribution in [-0.4, -0.2) is 39.8 Å². The highest BCUT2D eigenvalue weighted by Crippen LogP contribution is 2.52. The third-order valence-corrected chi connectivity index (χ3v) is 8.16. The highest BCUT2D eigenvalue weighted by molar-refractivity contribution is 5.41. The highest BCUT2D eigenvalue weighted by Gasteiger charge is 2.49. The predicted octanol–water partition coefficient (Wildman–Crippen LogP) is 6.70. The van der Waals surface area contributed by atoms with E-state index in [1.54, 1.807) is 21.5 Å². The van der Waals surface area contributed by atoms with Gasteiger partial charge in [0.1, 0.15) is 23.9 Å². The van der Waals surface area contributed by atoms with Gasteiger partial charge >= 0.3 is 5.69 Å². The second-order valence-electron chi connectivity index (χ2n) is 12.3. The molecule has 202 valence electrons. The summed E-state index contributed by atoms with van der Waals surface area (Å²) in [6, 6.07) is 25.6. The summed E-state index contributed by atoms with van der Waals surface area (Å²) < 4.78 is 15.2. The number of ether oxygens (including phenoxy) is 2. The Morgan fingerprint density at radius 3 is 2.00 bits per heavy atom. The molecule has 1 aliphatic heterocycles. The van der Waals surface area contributed by atoms with Crippen LogP contribution in [0.15, 0.2) is 96.1 Å². The molecular formula is C33H37N3O3. The molecule has 2 atom stereocenters. The third kappa shape index (κ3) is 5.52. The highest BCUT2D eigenvalue weighted by atomic mass is 16.5. The van der Waals surface area contributed by atoms with Crippen molar-refractivity contribution in [3.63, 3.8) is 0 Å². The zero-order valence-corrected chi connectivity index (χ0v) is 23.0. The van der Waals surface area contributed by atoms with Gasteiger partial charge in [0.25, 0.3) is 0 Å². The zero-order valence-electron chi connectivity index (χ0n) is 23.0. The van der Waals surface area contributed by atoms with Crippen LogP contribution in [0.4, 0.5) is 0 Å². The van der Waals surface area contributed by atoms with Gasteiger partial charge in [0, 0.05) is 31.5 Å². The standard InChI is InChI=1S/C33H37N3O3/c1-32(2)21-27-22-33(3,23-32)24-34(27)19-20-38-28-13-9-25(10-14-28)35-17-18-36(31(35)37)26-11-15-30(16-12-26)39-29-7-5-4-6-8-29/h4-18,27H,19-24H2,1-3H3/t27-,33-/m1/s1. The second kappa shape index (κ2) is 10.1. The van der Waals surface area contributed by atoms with Crippen LogP contribution in [-0.2, 0) is 0 Å². The van der Waals surface area contributed by atoms with Crippen LogP contribution in [0.3, 0.4) is 0 Å². The molecule has 1 saturated carbocycles. The number of benzene rings is 3. The summed E-state index contributed by atoms with van der Waals surface area (Å²) in [5.41, 5.74) is 2.33. The lowest BCUT2D eigenvalue weighted by Crippen LogP contribution is -2.36. The first-order valence-corrected chi connectivity index (χ1v) is 13.9. The van der Waals surface area contributed by atoms with E-state index in [1.165, 1.54) is 25.8 Å². The fraction of sp³-hybridized carbons (Fsp3) is 0.364. The molecule has 2 heterocycles. The first-order chi connectivity index (χ1) is 18.8. The molecule has 1 aliphatic carbocycles. The Balaban J connectivity index is 1.07. The molecule has 6 rings (SSSR count). The number of para-hydroxylation sites is 1. The van der Waals surface area contributed by atoms with E-state index in [0.29, 0.717) is 23.5 Å². The van der Waals surface area contributed by atoms with Crippen LogP contribution in [0.1, 0.15) is 40.0 Å². The van der Waals surface area contributed by atoms with Gasteiger partial charge in [-0.2, -0.15) is 0 Å². The summed E-state index contributed by atoms with van der Waals surface area (Å²) in [6.07, 6.45) is 7.47. The Kier molecular flexibility index (Phi) is 6.59. The van der Waals surface area contributed by atoms with Crippen LogP contribution in [0.5, 0.6) is 17.2 Å². The monoisotopic (exact) mass is 523 g/mol. The fourth-order valence-electron chi connectivity index (χ4n) is 6.89. The molecule has 6 heteroatoms. The zero-order chi connectivity index (χ0) is 27.0. The smallest absolute Gasteiger partial charge is 0.337 e. The first-order valence-electron chi connectivity index (χ1n) is 13.9. The Hall–Kier alpha value is -3.77. The average Bonchev–Trinajstić information content (AvgIpc) is 3.40. The number of imidazole rings is 1.